The highest BCUT2D eigenvalue weighted by atomic mass is 16.2. The predicted molar refractivity (Wildman–Crippen MR) is 100 cm³/mol. The summed E-state index contributed by atoms with van der Waals surface area (Å²) in [6.07, 6.45) is 3.19. The summed E-state index contributed by atoms with van der Waals surface area (Å²) in [6, 6.07) is 15.4. The Morgan fingerprint density at radius 2 is 1.69 bits per heavy atom. The number of nitrogens with zero attached hydrogens (tertiary/aromatic N) is 4. The van der Waals surface area contributed by atoms with Gasteiger partial charge < -0.3 is 0 Å². The van der Waals surface area contributed by atoms with Gasteiger partial charge in [-0.25, -0.2) is 13.9 Å². The van der Waals surface area contributed by atoms with E-state index in [9.17, 15) is 9.59 Å². The van der Waals surface area contributed by atoms with E-state index in [0.29, 0.717) is 6.54 Å². The molecule has 2 aromatic heterocycles. The van der Waals surface area contributed by atoms with Gasteiger partial charge in [0.2, 0.25) is 5.65 Å². The van der Waals surface area contributed by atoms with Crippen LogP contribution in [0.5, 0.6) is 0 Å². The second-order valence-corrected chi connectivity index (χ2v) is 6.36. The molecule has 2 aromatic carbocycles. The molecule has 0 aliphatic heterocycles. The molecule has 0 saturated carbocycles. The average molecular weight is 346 g/mol. The van der Waals surface area contributed by atoms with E-state index in [-0.39, 0.29) is 16.9 Å². The van der Waals surface area contributed by atoms with Crippen LogP contribution < -0.4 is 11.2 Å². The Morgan fingerprint density at radius 1 is 0.923 bits per heavy atom. The summed E-state index contributed by atoms with van der Waals surface area (Å²) in [5.41, 5.74) is 3.44. The third-order valence-corrected chi connectivity index (χ3v) is 4.59. The molecule has 0 N–H and O–H groups in total. The van der Waals surface area contributed by atoms with E-state index in [0.717, 1.165) is 22.4 Å². The molecule has 0 unspecified atom stereocenters. The molecule has 0 saturated heterocycles. The van der Waals surface area contributed by atoms with Gasteiger partial charge in [0.1, 0.15) is 0 Å². The van der Waals surface area contributed by atoms with E-state index in [4.69, 9.17) is 0 Å². The van der Waals surface area contributed by atoms with Crippen LogP contribution in [0.1, 0.15) is 16.7 Å². The molecule has 0 aliphatic rings. The average Bonchev–Trinajstić information content (AvgIpc) is 2.96. The van der Waals surface area contributed by atoms with Crippen LogP contribution in [0.3, 0.4) is 0 Å². The Balaban J connectivity index is 1.84. The number of hydrogen-bond donors (Lipinski definition) is 0. The lowest BCUT2D eigenvalue weighted by Gasteiger charge is -2.08. The van der Waals surface area contributed by atoms with Gasteiger partial charge in [0.05, 0.1) is 6.54 Å². The molecule has 0 bridgehead atoms. The van der Waals surface area contributed by atoms with Crippen LogP contribution in [-0.4, -0.2) is 18.7 Å². The summed E-state index contributed by atoms with van der Waals surface area (Å²) in [5.74, 6) is 0. The molecule has 6 nitrogen and oxygen atoms in total. The number of benzene rings is 2. The highest BCUT2D eigenvalue weighted by Gasteiger charge is 2.13. The first kappa shape index (κ1) is 16.1. The summed E-state index contributed by atoms with van der Waals surface area (Å²) in [4.78, 5) is 25.4. The highest BCUT2D eigenvalue weighted by Crippen LogP contribution is 2.12. The molecular formula is C20H18N4O2. The molecule has 0 spiro atoms. The van der Waals surface area contributed by atoms with Crippen LogP contribution in [0, 0.1) is 13.8 Å². The molecule has 4 rings (SSSR count). The van der Waals surface area contributed by atoms with Crippen LogP contribution in [0.25, 0.3) is 11.3 Å². The Hall–Kier alpha value is -3.41. The first-order valence-electron chi connectivity index (χ1n) is 8.37. The Morgan fingerprint density at radius 3 is 2.42 bits per heavy atom. The molecule has 4 aromatic rings. The van der Waals surface area contributed by atoms with E-state index in [1.54, 1.807) is 12.4 Å². The fourth-order valence-corrected chi connectivity index (χ4v) is 2.95. The smallest absolute Gasteiger partial charge is 0.280 e. The minimum atomic E-state index is -0.326. The number of aromatic nitrogens is 4. The second kappa shape index (κ2) is 6.15. The summed E-state index contributed by atoms with van der Waals surface area (Å²) < 4.78 is 4.13. The van der Waals surface area contributed by atoms with Gasteiger partial charge in [0, 0.05) is 18.1 Å². The predicted octanol–water partition coefficient (Wildman–Crippen LogP) is 2.31. The normalized spacial score (nSPS) is 11.2. The monoisotopic (exact) mass is 346 g/mol. The van der Waals surface area contributed by atoms with Crippen LogP contribution in [0.15, 0.2) is 70.5 Å². The zero-order valence-electron chi connectivity index (χ0n) is 14.6. The maximum absolute atomic E-state index is 12.9. The van der Waals surface area contributed by atoms with Crippen molar-refractivity contribution in [2.24, 2.45) is 0 Å². The quantitative estimate of drug-likeness (QED) is 0.572. The van der Waals surface area contributed by atoms with E-state index in [2.05, 4.69) is 5.10 Å². The number of fused-ring (bicyclic) bond motifs is 1. The van der Waals surface area contributed by atoms with Gasteiger partial charge in [-0.1, -0.05) is 36.4 Å². The van der Waals surface area contributed by atoms with Crippen molar-refractivity contribution in [1.29, 1.82) is 0 Å². The zero-order valence-corrected chi connectivity index (χ0v) is 14.6. The largest absolute Gasteiger partial charge is 0.350 e. The van der Waals surface area contributed by atoms with Gasteiger partial charge in [0.15, 0.2) is 0 Å². The SMILES string of the molecule is Cc1ccc(-n2ccn3c(=O)n(Cc4ccccc4)nc3c2=O)cc1C. The van der Waals surface area contributed by atoms with Crippen molar-refractivity contribution in [2.45, 2.75) is 20.4 Å². The van der Waals surface area contributed by atoms with Crippen molar-refractivity contribution in [1.82, 2.24) is 18.7 Å². The first-order valence-corrected chi connectivity index (χ1v) is 8.37. The third kappa shape index (κ3) is 2.65. The Kier molecular flexibility index (Phi) is 3.80. The molecule has 0 fully saturated rings. The molecule has 0 amide bonds. The highest BCUT2D eigenvalue weighted by molar-refractivity contribution is 5.43. The van der Waals surface area contributed by atoms with Crippen LogP contribution in [0.4, 0.5) is 0 Å². The van der Waals surface area contributed by atoms with Crippen molar-refractivity contribution < 1.29 is 0 Å². The van der Waals surface area contributed by atoms with Gasteiger partial charge in [-0.3, -0.25) is 9.36 Å². The van der Waals surface area contributed by atoms with Crippen molar-refractivity contribution in [3.05, 3.63) is 98.5 Å². The maximum atomic E-state index is 12.9. The van der Waals surface area contributed by atoms with E-state index in [1.165, 1.54) is 13.6 Å². The molecule has 130 valence electrons. The van der Waals surface area contributed by atoms with Crippen molar-refractivity contribution in [3.63, 3.8) is 0 Å². The Bertz CT molecular complexity index is 1220. The van der Waals surface area contributed by atoms with Gasteiger partial charge in [0.25, 0.3) is 0 Å². The van der Waals surface area contributed by atoms with Crippen molar-refractivity contribution in [3.8, 4) is 5.69 Å². The van der Waals surface area contributed by atoms with Crippen LogP contribution >= 0.6 is 0 Å². The molecule has 0 aliphatic carbocycles. The number of aryl methyl sites for hydroxylation is 2. The standard InChI is InChI=1S/C20H18N4O2/c1-14-8-9-17(12-15(14)2)22-10-11-23-18(19(22)25)21-24(20(23)26)13-16-6-4-3-5-7-16/h3-12H,13H2,1-2H3. The van der Waals surface area contributed by atoms with Crippen LogP contribution in [-0.2, 0) is 6.54 Å². The zero-order chi connectivity index (χ0) is 18.3. The van der Waals surface area contributed by atoms with E-state index in [1.807, 2.05) is 62.4 Å². The molecule has 26 heavy (non-hydrogen) atoms. The van der Waals surface area contributed by atoms with Gasteiger partial charge in [-0.2, -0.15) is 0 Å². The summed E-state index contributed by atoms with van der Waals surface area (Å²) in [7, 11) is 0. The molecular weight excluding hydrogens is 328 g/mol. The lowest BCUT2D eigenvalue weighted by atomic mass is 10.1. The lowest BCUT2D eigenvalue weighted by Crippen LogP contribution is -2.24. The van der Waals surface area contributed by atoms with E-state index >= 15 is 0 Å². The third-order valence-electron chi connectivity index (χ3n) is 4.59. The number of rotatable bonds is 3. The van der Waals surface area contributed by atoms with Crippen LogP contribution in [0.2, 0.25) is 0 Å². The minimum Gasteiger partial charge on any atom is -0.280 e. The van der Waals surface area contributed by atoms with Gasteiger partial charge in [-0.15, -0.1) is 5.10 Å². The fraction of sp³-hybridized carbons (Fsp3) is 0.150. The first-order chi connectivity index (χ1) is 12.5. The molecule has 0 atom stereocenters. The van der Waals surface area contributed by atoms with Gasteiger partial charge in [-0.05, 0) is 42.7 Å². The van der Waals surface area contributed by atoms with Crippen molar-refractivity contribution in [2.75, 3.05) is 0 Å². The van der Waals surface area contributed by atoms with Crippen molar-refractivity contribution >= 4 is 5.65 Å². The lowest BCUT2D eigenvalue weighted by molar-refractivity contribution is 0.658. The van der Waals surface area contributed by atoms with E-state index < -0.39 is 0 Å². The molecule has 2 heterocycles. The molecule has 0 radical (unpaired) electrons. The van der Waals surface area contributed by atoms with Gasteiger partial charge >= 0.3 is 11.2 Å². The maximum Gasteiger partial charge on any atom is 0.350 e. The molecule has 6 heteroatoms. The topological polar surface area (TPSA) is 61.3 Å². The Labute approximate surface area is 149 Å². The summed E-state index contributed by atoms with van der Waals surface area (Å²) >= 11 is 0. The summed E-state index contributed by atoms with van der Waals surface area (Å²) in [6.45, 7) is 4.35. The summed E-state index contributed by atoms with van der Waals surface area (Å²) in [5, 5.41) is 4.27. The fourth-order valence-electron chi connectivity index (χ4n) is 2.95. The number of hydrogen-bond acceptors (Lipinski definition) is 3. The second-order valence-electron chi connectivity index (χ2n) is 6.36. The minimum absolute atomic E-state index is 0.117.